The fourth-order valence-electron chi connectivity index (χ4n) is 3.72. The second-order valence-electron chi connectivity index (χ2n) is 7.72. The van der Waals surface area contributed by atoms with E-state index in [9.17, 15) is 13.2 Å². The minimum absolute atomic E-state index is 0.344. The molecule has 2 heterocycles. The molecule has 0 saturated carbocycles. The number of alkyl halides is 3. The van der Waals surface area contributed by atoms with Crippen molar-refractivity contribution in [3.63, 3.8) is 0 Å². The minimum Gasteiger partial charge on any atom is -0.421 e. The fourth-order valence-corrected chi connectivity index (χ4v) is 4.12. The number of imidazole rings is 1. The van der Waals surface area contributed by atoms with Gasteiger partial charge in [0.25, 0.3) is 0 Å². The lowest BCUT2D eigenvalue weighted by atomic mass is 10.1. The molecule has 0 aliphatic carbocycles. The van der Waals surface area contributed by atoms with E-state index in [0.717, 1.165) is 34.4 Å². The zero-order valence-corrected chi connectivity index (χ0v) is 18.9. The lowest BCUT2D eigenvalue weighted by molar-refractivity contribution is -0.137. The Morgan fingerprint density at radius 1 is 0.941 bits per heavy atom. The predicted octanol–water partition coefficient (Wildman–Crippen LogP) is 6.60. The first kappa shape index (κ1) is 22.2. The van der Waals surface area contributed by atoms with Crippen LogP contribution >= 0.6 is 11.8 Å². The Morgan fingerprint density at radius 2 is 1.76 bits per heavy atom. The Morgan fingerprint density at radius 3 is 2.53 bits per heavy atom. The number of hydrogen-bond acceptors (Lipinski definition) is 5. The van der Waals surface area contributed by atoms with Crippen LogP contribution in [0.5, 0.6) is 0 Å². The highest BCUT2D eigenvalue weighted by molar-refractivity contribution is 7.98. The van der Waals surface area contributed by atoms with Crippen molar-refractivity contribution >= 4 is 22.8 Å². The lowest BCUT2D eigenvalue weighted by Gasteiger charge is -2.07. The van der Waals surface area contributed by atoms with Crippen molar-refractivity contribution < 1.29 is 17.6 Å². The van der Waals surface area contributed by atoms with Crippen molar-refractivity contribution in [1.82, 2.24) is 19.7 Å². The van der Waals surface area contributed by atoms with E-state index in [1.165, 1.54) is 11.0 Å². The summed E-state index contributed by atoms with van der Waals surface area (Å²) in [6, 6.07) is 19.2. The molecule has 0 amide bonds. The molecule has 0 saturated heterocycles. The van der Waals surface area contributed by atoms with E-state index in [2.05, 4.69) is 27.3 Å². The third-order valence-electron chi connectivity index (χ3n) is 5.49. The summed E-state index contributed by atoms with van der Waals surface area (Å²) in [6.07, 6.45) is 0.151. The molecule has 0 aliphatic heterocycles. The molecule has 2 aromatic heterocycles. The van der Waals surface area contributed by atoms with Gasteiger partial charge in [-0.25, -0.2) is 4.98 Å². The third kappa shape index (κ3) is 4.56. The topological polar surface area (TPSA) is 56.7 Å². The second-order valence-corrected chi connectivity index (χ2v) is 8.59. The first-order valence-corrected chi connectivity index (χ1v) is 11.7. The highest BCUT2D eigenvalue weighted by Crippen LogP contribution is 2.30. The van der Waals surface area contributed by atoms with E-state index in [1.54, 1.807) is 24.2 Å². The highest BCUT2D eigenvalue weighted by Gasteiger charge is 2.30. The molecule has 0 fully saturated rings. The zero-order valence-electron chi connectivity index (χ0n) is 18.1. The van der Waals surface area contributed by atoms with Gasteiger partial charge in [-0.05, 0) is 66.8 Å². The summed E-state index contributed by atoms with van der Waals surface area (Å²) in [5, 5.41) is 8.23. The van der Waals surface area contributed by atoms with Crippen LogP contribution in [0.3, 0.4) is 0 Å². The van der Waals surface area contributed by atoms with E-state index in [-0.39, 0.29) is 0 Å². The van der Waals surface area contributed by atoms with Gasteiger partial charge in [0.2, 0.25) is 11.8 Å². The smallest absolute Gasteiger partial charge is 0.416 e. The maximum Gasteiger partial charge on any atom is 0.416 e. The number of rotatable bonds is 6. The number of fused-ring (bicyclic) bond motifs is 1. The van der Waals surface area contributed by atoms with Crippen LogP contribution < -0.4 is 0 Å². The molecule has 5 aromatic rings. The summed E-state index contributed by atoms with van der Waals surface area (Å²) in [4.78, 5) is 5.65. The van der Waals surface area contributed by atoms with Gasteiger partial charge < -0.3 is 4.42 Å². The van der Waals surface area contributed by atoms with Gasteiger partial charge in [0.05, 0.1) is 16.6 Å². The van der Waals surface area contributed by atoms with Gasteiger partial charge in [-0.3, -0.25) is 4.57 Å². The maximum atomic E-state index is 12.9. The van der Waals surface area contributed by atoms with Crippen LogP contribution in [0, 0.1) is 0 Å². The first-order chi connectivity index (χ1) is 16.4. The van der Waals surface area contributed by atoms with Crippen LogP contribution in [0.15, 0.2) is 82.4 Å². The molecule has 34 heavy (non-hydrogen) atoms. The molecule has 0 aliphatic rings. The minimum atomic E-state index is -4.37. The van der Waals surface area contributed by atoms with Crippen LogP contribution in [0.4, 0.5) is 13.2 Å². The molecule has 0 N–H and O–H groups in total. The largest absolute Gasteiger partial charge is 0.421 e. The molecule has 3 aromatic carbocycles. The van der Waals surface area contributed by atoms with Gasteiger partial charge in [-0.15, -0.1) is 22.0 Å². The van der Waals surface area contributed by atoms with Crippen molar-refractivity contribution in [3.05, 3.63) is 90.1 Å². The molecular formula is C25H19F3N4OS. The van der Waals surface area contributed by atoms with Crippen molar-refractivity contribution in [2.45, 2.75) is 23.9 Å². The number of halogens is 3. The third-order valence-corrected chi connectivity index (χ3v) is 6.24. The van der Waals surface area contributed by atoms with Gasteiger partial charge >= 0.3 is 6.18 Å². The summed E-state index contributed by atoms with van der Waals surface area (Å²) in [5.74, 6) is 0.722. The number of benzene rings is 3. The normalized spacial score (nSPS) is 11.9. The quantitative estimate of drug-likeness (QED) is 0.256. The van der Waals surface area contributed by atoms with E-state index in [0.29, 0.717) is 30.2 Å². The van der Waals surface area contributed by atoms with Crippen LogP contribution in [-0.4, -0.2) is 26.0 Å². The summed E-state index contributed by atoms with van der Waals surface area (Å²) in [5.41, 5.74) is 3.37. The molecular weight excluding hydrogens is 461 g/mol. The Labute approximate surface area is 197 Å². The molecule has 5 nitrogen and oxygen atoms in total. The lowest BCUT2D eigenvalue weighted by Crippen LogP contribution is -2.05. The molecule has 9 heteroatoms. The zero-order chi connectivity index (χ0) is 23.7. The van der Waals surface area contributed by atoms with Crippen LogP contribution in [0.1, 0.15) is 17.0 Å². The summed E-state index contributed by atoms with van der Waals surface area (Å²) >= 11 is 1.68. The average molecular weight is 481 g/mol. The van der Waals surface area contributed by atoms with Crippen molar-refractivity contribution in [1.29, 1.82) is 0 Å². The van der Waals surface area contributed by atoms with Gasteiger partial charge in [0, 0.05) is 22.6 Å². The van der Waals surface area contributed by atoms with E-state index in [4.69, 9.17) is 4.42 Å². The summed E-state index contributed by atoms with van der Waals surface area (Å²) in [6.45, 7) is 0. The first-order valence-electron chi connectivity index (χ1n) is 10.5. The molecule has 5 rings (SSSR count). The number of hydrogen-bond donors (Lipinski definition) is 0. The Kier molecular flexibility index (Phi) is 5.87. The second kappa shape index (κ2) is 8.98. The average Bonchev–Trinajstić information content (AvgIpc) is 3.49. The van der Waals surface area contributed by atoms with Gasteiger partial charge in [-0.1, -0.05) is 18.2 Å². The summed E-state index contributed by atoms with van der Waals surface area (Å²) in [7, 11) is 0. The molecule has 0 radical (unpaired) electrons. The molecule has 0 atom stereocenters. The predicted molar refractivity (Wildman–Crippen MR) is 125 cm³/mol. The van der Waals surface area contributed by atoms with Gasteiger partial charge in [-0.2, -0.15) is 13.2 Å². The van der Waals surface area contributed by atoms with Crippen molar-refractivity contribution in [3.8, 4) is 17.1 Å². The van der Waals surface area contributed by atoms with E-state index >= 15 is 0 Å². The number of aryl methyl sites for hydroxylation is 2. The Bertz CT molecular complexity index is 1440. The fraction of sp³-hybridized carbons (Fsp3) is 0.160. The van der Waals surface area contributed by atoms with Crippen molar-refractivity contribution in [2.75, 3.05) is 6.26 Å². The van der Waals surface area contributed by atoms with Crippen LogP contribution in [0.2, 0.25) is 0 Å². The van der Waals surface area contributed by atoms with Crippen molar-refractivity contribution in [2.24, 2.45) is 0 Å². The summed E-state index contributed by atoms with van der Waals surface area (Å²) < 4.78 is 46.6. The monoisotopic (exact) mass is 480 g/mol. The molecule has 0 spiro atoms. The van der Waals surface area contributed by atoms with E-state index in [1.807, 2.05) is 41.2 Å². The Hall–Kier alpha value is -3.59. The molecule has 0 unspecified atom stereocenters. The Balaban J connectivity index is 1.36. The van der Waals surface area contributed by atoms with E-state index < -0.39 is 11.7 Å². The standard InChI is InChI=1S/C25H19F3N4OS/c1-34-20-9-7-19(8-10-20)32-15-29-21-11-6-17(14-22(21)32)24-31-30-23(33-24)12-5-16-3-2-4-18(13-16)25(26,27)28/h2-4,6-11,13-15H,5,12H2,1H3. The van der Waals surface area contributed by atoms with Gasteiger partial charge in [0.15, 0.2) is 0 Å². The van der Waals surface area contributed by atoms with Crippen LogP contribution in [-0.2, 0) is 19.0 Å². The SMILES string of the molecule is CSc1ccc(-n2cnc3ccc(-c4nnc(CCc5cccc(C(F)(F)F)c5)o4)cc32)cc1. The molecule has 0 bridgehead atoms. The number of aromatic nitrogens is 4. The maximum absolute atomic E-state index is 12.9. The highest BCUT2D eigenvalue weighted by atomic mass is 32.2. The number of thioether (sulfide) groups is 1. The number of nitrogens with zero attached hydrogens (tertiary/aromatic N) is 4. The van der Waals surface area contributed by atoms with Gasteiger partial charge in [0.1, 0.15) is 6.33 Å². The molecule has 172 valence electrons. The van der Waals surface area contributed by atoms with Crippen LogP contribution in [0.25, 0.3) is 28.2 Å².